The van der Waals surface area contributed by atoms with Gasteiger partial charge in [0.2, 0.25) is 0 Å². The number of aromatic hydroxyl groups is 1. The summed E-state index contributed by atoms with van der Waals surface area (Å²) in [5.74, 6) is 0.741. The first-order chi connectivity index (χ1) is 11.1. The molecule has 116 valence electrons. The molecule has 0 radical (unpaired) electrons. The van der Waals surface area contributed by atoms with E-state index in [1.54, 1.807) is 18.2 Å². The van der Waals surface area contributed by atoms with Gasteiger partial charge in [-0.15, -0.1) is 0 Å². The van der Waals surface area contributed by atoms with E-state index in [4.69, 9.17) is 0 Å². The van der Waals surface area contributed by atoms with Crippen molar-refractivity contribution in [3.05, 3.63) is 75.9 Å². The van der Waals surface area contributed by atoms with Crippen LogP contribution in [0.2, 0.25) is 0 Å². The molecular weight excluding hydrogens is 292 g/mol. The molecule has 2 aromatic carbocycles. The number of hydrogen-bond donors (Lipinski definition) is 2. The van der Waals surface area contributed by atoms with Gasteiger partial charge in [0.25, 0.3) is 5.69 Å². The van der Waals surface area contributed by atoms with E-state index in [2.05, 4.69) is 17.5 Å². The van der Waals surface area contributed by atoms with E-state index in [0.29, 0.717) is 5.92 Å². The number of non-ortho nitro benzene ring substituents is 1. The molecule has 23 heavy (non-hydrogen) atoms. The maximum Gasteiger partial charge on any atom is 0.269 e. The quantitative estimate of drug-likeness (QED) is 0.378. The first kappa shape index (κ1) is 13.8. The summed E-state index contributed by atoms with van der Waals surface area (Å²) in [7, 11) is 0. The van der Waals surface area contributed by atoms with Crippen molar-refractivity contribution in [1.29, 1.82) is 0 Å². The predicted molar refractivity (Wildman–Crippen MR) is 87.6 cm³/mol. The number of benzene rings is 2. The molecule has 2 aromatic rings. The zero-order valence-corrected chi connectivity index (χ0v) is 12.3. The number of nitrogens with one attached hydrogen (secondary N) is 1. The summed E-state index contributed by atoms with van der Waals surface area (Å²) < 4.78 is 0. The molecule has 3 atom stereocenters. The van der Waals surface area contributed by atoms with Crippen LogP contribution < -0.4 is 5.32 Å². The van der Waals surface area contributed by atoms with E-state index in [-0.39, 0.29) is 28.3 Å². The van der Waals surface area contributed by atoms with Crippen LogP contribution in [-0.2, 0) is 0 Å². The van der Waals surface area contributed by atoms with Gasteiger partial charge in [-0.2, -0.15) is 0 Å². The number of phenols is 1. The van der Waals surface area contributed by atoms with Crippen LogP contribution in [0, 0.1) is 16.0 Å². The molecule has 0 aromatic heterocycles. The Morgan fingerprint density at radius 2 is 2.04 bits per heavy atom. The molecule has 5 heteroatoms. The van der Waals surface area contributed by atoms with Crippen LogP contribution in [0.3, 0.4) is 0 Å². The zero-order chi connectivity index (χ0) is 16.0. The number of para-hydroxylation sites is 1. The Morgan fingerprint density at radius 3 is 2.87 bits per heavy atom. The number of anilines is 1. The summed E-state index contributed by atoms with van der Waals surface area (Å²) in [6.07, 6.45) is 5.24. The van der Waals surface area contributed by atoms with E-state index in [9.17, 15) is 15.2 Å². The van der Waals surface area contributed by atoms with Crippen LogP contribution in [0.1, 0.15) is 29.5 Å². The van der Waals surface area contributed by atoms with Crippen LogP contribution >= 0.6 is 0 Å². The number of nitrogens with zero attached hydrogens (tertiary/aromatic N) is 1. The lowest BCUT2D eigenvalue weighted by molar-refractivity contribution is -0.384. The average Bonchev–Trinajstić information content (AvgIpc) is 3.04. The first-order valence-electron chi connectivity index (χ1n) is 7.64. The summed E-state index contributed by atoms with van der Waals surface area (Å²) >= 11 is 0. The fraction of sp³-hybridized carbons (Fsp3) is 0.222. The fourth-order valence-corrected chi connectivity index (χ4v) is 3.77. The molecule has 0 saturated heterocycles. The summed E-state index contributed by atoms with van der Waals surface area (Å²) in [6.45, 7) is 0. The Hall–Kier alpha value is -2.82. The number of nitro groups is 1. The molecule has 5 nitrogen and oxygen atoms in total. The predicted octanol–water partition coefficient (Wildman–Crippen LogP) is 4.13. The van der Waals surface area contributed by atoms with Crippen molar-refractivity contribution < 1.29 is 10.0 Å². The van der Waals surface area contributed by atoms with Crippen molar-refractivity contribution in [2.45, 2.75) is 18.4 Å². The molecule has 0 amide bonds. The summed E-state index contributed by atoms with van der Waals surface area (Å²) in [6, 6.07) is 12.2. The highest BCUT2D eigenvalue weighted by molar-refractivity contribution is 5.67. The van der Waals surface area contributed by atoms with Crippen LogP contribution in [0.5, 0.6) is 5.75 Å². The Labute approximate surface area is 133 Å². The van der Waals surface area contributed by atoms with Gasteiger partial charge in [0.05, 0.1) is 16.7 Å². The molecule has 0 bridgehead atoms. The molecule has 0 spiro atoms. The highest BCUT2D eigenvalue weighted by Crippen LogP contribution is 2.52. The molecule has 1 aliphatic carbocycles. The van der Waals surface area contributed by atoms with E-state index < -0.39 is 0 Å². The van der Waals surface area contributed by atoms with Crippen molar-refractivity contribution in [2.24, 2.45) is 5.92 Å². The van der Waals surface area contributed by atoms with Gasteiger partial charge in [0, 0.05) is 18.1 Å². The second-order valence-electron chi connectivity index (χ2n) is 6.07. The third-order valence-electron chi connectivity index (χ3n) is 4.81. The van der Waals surface area contributed by atoms with Crippen molar-refractivity contribution in [3.8, 4) is 5.75 Å². The monoisotopic (exact) mass is 308 g/mol. The maximum atomic E-state index is 11.0. The molecule has 0 saturated carbocycles. The van der Waals surface area contributed by atoms with Gasteiger partial charge < -0.3 is 10.4 Å². The normalized spacial score (nSPS) is 24.6. The van der Waals surface area contributed by atoms with Crippen LogP contribution in [-0.4, -0.2) is 10.0 Å². The molecule has 1 heterocycles. The number of phenolic OH excluding ortho intramolecular Hbond substituents is 1. The van der Waals surface area contributed by atoms with E-state index >= 15 is 0 Å². The highest BCUT2D eigenvalue weighted by Gasteiger charge is 2.39. The lowest BCUT2D eigenvalue weighted by Crippen LogP contribution is -2.29. The summed E-state index contributed by atoms with van der Waals surface area (Å²) in [5, 5.41) is 24.6. The van der Waals surface area contributed by atoms with Gasteiger partial charge in [-0.3, -0.25) is 10.1 Å². The van der Waals surface area contributed by atoms with Gasteiger partial charge >= 0.3 is 0 Å². The molecule has 2 N–H and O–H groups in total. The third-order valence-corrected chi connectivity index (χ3v) is 4.81. The average molecular weight is 308 g/mol. The van der Waals surface area contributed by atoms with Crippen molar-refractivity contribution in [1.82, 2.24) is 0 Å². The smallest absolute Gasteiger partial charge is 0.269 e. The standard InChI is InChI=1S/C18H16N2O3/c21-16-9-3-8-15-13-6-2-7-14(13)17(19-18(15)16)11-4-1-5-12(10-11)20(22)23/h1-6,8-10,13-14,17,19,21H,7H2. The molecular formula is C18H16N2O3. The number of hydrogen-bond acceptors (Lipinski definition) is 4. The van der Waals surface area contributed by atoms with E-state index in [1.807, 2.05) is 18.2 Å². The number of allylic oxidation sites excluding steroid dienone is 2. The SMILES string of the molecule is O=[N+]([O-])c1cccc(C2Nc3c(O)cccc3C3C=CCC32)c1. The van der Waals surface area contributed by atoms with Crippen molar-refractivity contribution in [2.75, 3.05) is 5.32 Å². The lowest BCUT2D eigenvalue weighted by Gasteiger charge is -2.37. The van der Waals surface area contributed by atoms with Crippen LogP contribution in [0.25, 0.3) is 0 Å². The van der Waals surface area contributed by atoms with Gasteiger partial charge in [-0.25, -0.2) is 0 Å². The van der Waals surface area contributed by atoms with Gasteiger partial charge in [-0.05, 0) is 29.5 Å². The van der Waals surface area contributed by atoms with Crippen molar-refractivity contribution in [3.63, 3.8) is 0 Å². The molecule has 1 aliphatic heterocycles. The largest absolute Gasteiger partial charge is 0.506 e. The molecule has 4 rings (SSSR count). The fourth-order valence-electron chi connectivity index (χ4n) is 3.77. The molecule has 2 aliphatic rings. The Balaban J connectivity index is 1.80. The first-order valence-corrected chi connectivity index (χ1v) is 7.64. The highest BCUT2D eigenvalue weighted by atomic mass is 16.6. The lowest BCUT2D eigenvalue weighted by atomic mass is 9.77. The van der Waals surface area contributed by atoms with Crippen LogP contribution in [0.15, 0.2) is 54.6 Å². The maximum absolute atomic E-state index is 11.0. The zero-order valence-electron chi connectivity index (χ0n) is 12.3. The van der Waals surface area contributed by atoms with Crippen molar-refractivity contribution >= 4 is 11.4 Å². The van der Waals surface area contributed by atoms with Crippen LogP contribution in [0.4, 0.5) is 11.4 Å². The van der Waals surface area contributed by atoms with Gasteiger partial charge in [-0.1, -0.05) is 36.4 Å². The minimum atomic E-state index is -0.373. The number of fused-ring (bicyclic) bond motifs is 3. The van der Waals surface area contributed by atoms with E-state index in [1.165, 1.54) is 6.07 Å². The molecule has 3 unspecified atom stereocenters. The Kier molecular flexibility index (Phi) is 3.08. The minimum absolute atomic E-state index is 0.0595. The number of nitro benzene ring substituents is 1. The van der Waals surface area contributed by atoms with Gasteiger partial charge in [0.1, 0.15) is 5.75 Å². The second kappa shape index (κ2) is 5.12. The third kappa shape index (κ3) is 2.16. The Bertz CT molecular complexity index is 816. The topological polar surface area (TPSA) is 75.4 Å². The summed E-state index contributed by atoms with van der Waals surface area (Å²) in [5.41, 5.74) is 2.80. The minimum Gasteiger partial charge on any atom is -0.506 e. The van der Waals surface area contributed by atoms with E-state index in [0.717, 1.165) is 23.2 Å². The second-order valence-corrected chi connectivity index (χ2v) is 6.07. The molecule has 0 fully saturated rings. The number of rotatable bonds is 2. The Morgan fingerprint density at radius 1 is 1.22 bits per heavy atom. The van der Waals surface area contributed by atoms with Gasteiger partial charge in [0.15, 0.2) is 0 Å². The summed E-state index contributed by atoms with van der Waals surface area (Å²) in [4.78, 5) is 10.7.